The van der Waals surface area contributed by atoms with Crippen LogP contribution < -0.4 is 4.74 Å². The van der Waals surface area contributed by atoms with E-state index in [2.05, 4.69) is 188 Å². The highest BCUT2D eigenvalue weighted by molar-refractivity contribution is 6.32. The normalized spacial score (nSPS) is 13.1. The second kappa shape index (κ2) is 26.1. The molecular weight excluding hydrogens is 1000 g/mol. The van der Waals surface area contributed by atoms with E-state index in [9.17, 15) is 5.11 Å². The van der Waals surface area contributed by atoms with E-state index in [-0.39, 0.29) is 27.4 Å². The fraction of sp³-hybridized carbons (Fsp3) is 0.369. The third-order valence-corrected chi connectivity index (χ3v) is 13.4. The van der Waals surface area contributed by atoms with Crippen LogP contribution in [0.2, 0.25) is 5.02 Å². The van der Waals surface area contributed by atoms with Crippen LogP contribution in [0.15, 0.2) is 165 Å². The molecule has 0 amide bonds. The first kappa shape index (κ1) is 59.3. The number of nitrogens with zero attached hydrogens (tertiary/aromatic N) is 10. The second-order valence-electron chi connectivity index (χ2n) is 24.1. The van der Waals surface area contributed by atoms with Gasteiger partial charge >= 0.3 is 0 Å². The van der Waals surface area contributed by atoms with Gasteiger partial charge in [-0.1, -0.05) is 131 Å². The Labute approximate surface area is 473 Å². The summed E-state index contributed by atoms with van der Waals surface area (Å²) in [6, 6.07) is 42.4. The molecule has 416 valence electrons. The van der Waals surface area contributed by atoms with E-state index < -0.39 is 0 Å². The Bertz CT molecular complexity index is 3300. The summed E-state index contributed by atoms with van der Waals surface area (Å²) in [5, 5.41) is 28.4. The molecule has 0 atom stereocenters. The average Bonchev–Trinajstić information content (AvgIpc) is 4.29. The Morgan fingerprint density at radius 1 is 0.506 bits per heavy atom. The van der Waals surface area contributed by atoms with E-state index in [1.165, 1.54) is 16.7 Å². The zero-order valence-corrected chi connectivity index (χ0v) is 49.4. The Morgan fingerprint density at radius 2 is 0.949 bits per heavy atom. The molecule has 14 heteroatoms. The van der Waals surface area contributed by atoms with E-state index in [1.54, 1.807) is 29.2 Å². The summed E-state index contributed by atoms with van der Waals surface area (Å²) in [5.74, 6) is 0.923. The number of morpholine rings is 1. The Hall–Kier alpha value is -7.32. The molecule has 10 rings (SSSR count). The minimum Gasteiger partial charge on any atom is -0.506 e. The van der Waals surface area contributed by atoms with Crippen molar-refractivity contribution in [1.29, 1.82) is 0 Å². The molecule has 1 saturated heterocycles. The first-order valence-electron chi connectivity index (χ1n) is 27.2. The molecule has 0 unspecified atom stereocenters. The fourth-order valence-electron chi connectivity index (χ4n) is 8.18. The summed E-state index contributed by atoms with van der Waals surface area (Å²) in [5.41, 5.74) is 12.4. The maximum Gasteiger partial charge on any atom is 0.136 e. The lowest BCUT2D eigenvalue weighted by molar-refractivity contribution is 0.0342. The summed E-state index contributed by atoms with van der Waals surface area (Å²) < 4.78 is 18.8. The number of rotatable bonds is 10. The van der Waals surface area contributed by atoms with Gasteiger partial charge in [0.1, 0.15) is 11.5 Å². The lowest BCUT2D eigenvalue weighted by Crippen LogP contribution is -2.35. The van der Waals surface area contributed by atoms with Gasteiger partial charge in [-0.25, -0.2) is 18.7 Å². The van der Waals surface area contributed by atoms with Crippen molar-refractivity contribution in [1.82, 2.24) is 49.0 Å². The minimum atomic E-state index is 0.0136. The van der Waals surface area contributed by atoms with Crippen molar-refractivity contribution >= 4 is 11.6 Å². The van der Waals surface area contributed by atoms with E-state index in [0.717, 1.165) is 90.5 Å². The van der Waals surface area contributed by atoms with Crippen molar-refractivity contribution in [2.75, 3.05) is 32.9 Å². The van der Waals surface area contributed by atoms with E-state index >= 15 is 0 Å². The zero-order chi connectivity index (χ0) is 57.0. The topological polar surface area (TPSA) is 126 Å². The molecular formula is C65H81ClN10O3. The maximum absolute atomic E-state index is 9.56. The molecule has 13 nitrogen and oxygen atoms in total. The number of hydrogen-bond acceptors (Lipinski definition) is 9. The monoisotopic (exact) mass is 1080 g/mol. The van der Waals surface area contributed by atoms with Gasteiger partial charge in [-0.15, -0.1) is 0 Å². The molecule has 79 heavy (non-hydrogen) atoms. The highest BCUT2D eigenvalue weighted by atomic mass is 35.5. The van der Waals surface area contributed by atoms with E-state index in [1.807, 2.05) is 81.2 Å². The predicted molar refractivity (Wildman–Crippen MR) is 320 cm³/mol. The summed E-state index contributed by atoms with van der Waals surface area (Å²) in [6.07, 6.45) is 12.4. The number of halogens is 1. The molecule has 1 N–H and O–H groups in total. The van der Waals surface area contributed by atoms with Crippen LogP contribution in [-0.4, -0.2) is 87.0 Å². The number of aromatic nitrogens is 9. The Morgan fingerprint density at radius 3 is 1.42 bits per heavy atom. The summed E-state index contributed by atoms with van der Waals surface area (Å²) >= 11 is 5.77. The molecule has 6 heterocycles. The van der Waals surface area contributed by atoms with Crippen molar-refractivity contribution in [2.45, 2.75) is 125 Å². The first-order chi connectivity index (χ1) is 37.4. The average molecular weight is 1090 g/mol. The lowest BCUT2D eigenvalue weighted by atomic mass is 9.93. The third-order valence-electron chi connectivity index (χ3n) is 13.1. The van der Waals surface area contributed by atoms with Gasteiger partial charge in [-0.2, -0.15) is 20.4 Å². The van der Waals surface area contributed by atoms with Gasteiger partial charge < -0.3 is 14.6 Å². The van der Waals surface area contributed by atoms with Crippen molar-refractivity contribution in [2.24, 2.45) is 0 Å². The molecule has 0 spiro atoms. The standard InChI is InChI=1S/C20H23N3O.C18H25N3O.C14H18N2.C13H15ClN2O/c1-20(2,3)19-9-13-23(22-19)17-5-4-6-18(15-17)24-14-10-16-7-11-21-12-8-16;1-18(2,3)17-7-8-21(19-17)16-6-4-5-15(13-16)14-20-9-11-22-12-10-20;1-11-5-7-12(8-6-11)16-10-9-13(15-16)14(2,3)4;1-13(2,3)12-6-7-16(15-12)9-4-5-10(14)11(17)8-9/h4-9,11-13,15H,10,14H2,1-3H3;4-8,13H,9-12,14H2,1-3H3;5-10H,1-4H3;4-8,17H,1-3H3. The van der Waals surface area contributed by atoms with Crippen molar-refractivity contribution in [3.8, 4) is 34.2 Å². The molecule has 4 aromatic carbocycles. The fourth-order valence-corrected chi connectivity index (χ4v) is 8.30. The number of phenols is 1. The molecule has 1 fully saturated rings. The van der Waals surface area contributed by atoms with Gasteiger partial charge in [-0.05, 0) is 103 Å². The number of pyridine rings is 1. The zero-order valence-electron chi connectivity index (χ0n) is 48.7. The van der Waals surface area contributed by atoms with Crippen molar-refractivity contribution < 1.29 is 14.6 Å². The summed E-state index contributed by atoms with van der Waals surface area (Å²) in [7, 11) is 0. The van der Waals surface area contributed by atoms with Crippen LogP contribution in [0.1, 0.15) is 123 Å². The minimum absolute atomic E-state index is 0.0136. The smallest absolute Gasteiger partial charge is 0.136 e. The van der Waals surface area contributed by atoms with Gasteiger partial charge in [-0.3, -0.25) is 9.88 Å². The lowest BCUT2D eigenvalue weighted by Gasteiger charge is -2.26. The molecule has 0 radical (unpaired) electrons. The maximum atomic E-state index is 9.56. The number of phenolic OH excluding ortho intramolecular Hbond substituents is 1. The predicted octanol–water partition coefficient (Wildman–Crippen LogP) is 14.2. The van der Waals surface area contributed by atoms with Gasteiger partial charge in [0.25, 0.3) is 0 Å². The molecule has 0 bridgehead atoms. The Kier molecular flexibility index (Phi) is 19.6. The van der Waals surface area contributed by atoms with Gasteiger partial charge in [0.2, 0.25) is 0 Å². The molecule has 1 aliphatic heterocycles. The number of hydrogen-bond donors (Lipinski definition) is 1. The van der Waals surface area contributed by atoms with Crippen LogP contribution in [0.5, 0.6) is 11.5 Å². The summed E-state index contributed by atoms with van der Waals surface area (Å²) in [4.78, 5) is 6.46. The molecule has 0 aliphatic carbocycles. The van der Waals surface area contributed by atoms with Crippen LogP contribution in [0, 0.1) is 6.92 Å². The number of aryl methyl sites for hydroxylation is 1. The first-order valence-corrected chi connectivity index (χ1v) is 27.6. The largest absolute Gasteiger partial charge is 0.506 e. The van der Waals surface area contributed by atoms with E-state index in [0.29, 0.717) is 11.6 Å². The van der Waals surface area contributed by atoms with Crippen LogP contribution >= 0.6 is 11.6 Å². The number of aromatic hydroxyl groups is 1. The quantitative estimate of drug-likeness (QED) is 0.142. The van der Waals surface area contributed by atoms with Crippen LogP contribution in [0.25, 0.3) is 22.7 Å². The molecule has 0 saturated carbocycles. The van der Waals surface area contributed by atoms with Gasteiger partial charge in [0, 0.05) is 97.0 Å². The molecule has 9 aromatic rings. The Balaban J connectivity index is 0.000000154. The molecule has 1 aliphatic rings. The number of ether oxygens (including phenoxy) is 2. The van der Waals surface area contributed by atoms with Crippen molar-refractivity contribution in [3.05, 3.63) is 209 Å². The van der Waals surface area contributed by atoms with Crippen molar-refractivity contribution in [3.63, 3.8) is 0 Å². The van der Waals surface area contributed by atoms with Crippen LogP contribution in [0.4, 0.5) is 0 Å². The van der Waals surface area contributed by atoms with Gasteiger partial charge in [0.05, 0.1) is 70.4 Å². The van der Waals surface area contributed by atoms with E-state index in [4.69, 9.17) is 26.2 Å². The van der Waals surface area contributed by atoms with Crippen LogP contribution in [0.3, 0.4) is 0 Å². The highest BCUT2D eigenvalue weighted by Crippen LogP contribution is 2.28. The summed E-state index contributed by atoms with van der Waals surface area (Å²) in [6.45, 7) is 33.3. The number of benzene rings is 4. The third kappa shape index (κ3) is 17.6. The SMILES string of the molecule is CC(C)(C)c1ccn(-c2ccc(Cl)c(O)c2)n1.CC(C)(C)c1ccn(-c2cccc(CN3CCOCC3)c2)n1.CC(C)(C)c1ccn(-c2cccc(OCCc3ccncc3)c2)n1.Cc1ccc(-n2ccc(C(C)(C)C)n2)cc1. The van der Waals surface area contributed by atoms with Crippen LogP contribution in [-0.2, 0) is 39.4 Å². The highest BCUT2D eigenvalue weighted by Gasteiger charge is 2.21. The molecule has 5 aromatic heterocycles. The van der Waals surface area contributed by atoms with Gasteiger partial charge in [0.15, 0.2) is 0 Å². The second-order valence-corrected chi connectivity index (χ2v) is 24.5.